The van der Waals surface area contributed by atoms with Gasteiger partial charge in [-0.2, -0.15) is 5.10 Å². The molecule has 0 bridgehead atoms. The molecule has 2 N–H and O–H groups in total. The summed E-state index contributed by atoms with van der Waals surface area (Å²) < 4.78 is 1.76. The number of aryl methyl sites for hydroxylation is 1. The van der Waals surface area contributed by atoms with Crippen molar-refractivity contribution in [2.24, 2.45) is 0 Å². The van der Waals surface area contributed by atoms with Crippen LogP contribution in [0.1, 0.15) is 22.2 Å². The number of carbonyl (C=O) groups excluding carboxylic acids is 1. The molecule has 98 valence electrons. The van der Waals surface area contributed by atoms with Gasteiger partial charge in [0.2, 0.25) is 0 Å². The third kappa shape index (κ3) is 2.02. The normalized spacial score (nSPS) is 18.0. The Morgan fingerprint density at radius 2 is 2.11 bits per heavy atom. The number of nitrogens with one attached hydrogen (secondary N) is 2. The molecular weight excluding hydrogens is 240 g/mol. The Morgan fingerprint density at radius 3 is 2.79 bits per heavy atom. The van der Waals surface area contributed by atoms with Gasteiger partial charge in [0.25, 0.3) is 5.91 Å². The number of benzene rings is 1. The van der Waals surface area contributed by atoms with E-state index in [-0.39, 0.29) is 12.1 Å². The fourth-order valence-corrected chi connectivity index (χ4v) is 2.26. The Bertz CT molecular complexity index is 615. The van der Waals surface area contributed by atoms with Gasteiger partial charge in [0.15, 0.2) is 0 Å². The van der Waals surface area contributed by atoms with Crippen LogP contribution in [0.4, 0.5) is 0 Å². The van der Waals surface area contributed by atoms with Crippen molar-refractivity contribution in [1.82, 2.24) is 20.4 Å². The lowest BCUT2D eigenvalue weighted by Gasteiger charge is -2.23. The highest BCUT2D eigenvalue weighted by molar-refractivity contribution is 5.94. The summed E-state index contributed by atoms with van der Waals surface area (Å²) in [4.78, 5) is 11.8. The molecule has 2 heterocycles. The lowest BCUT2D eigenvalue weighted by molar-refractivity contribution is 0.0903. The molecule has 0 saturated carbocycles. The molecule has 0 saturated heterocycles. The van der Waals surface area contributed by atoms with Crippen molar-refractivity contribution in [2.45, 2.75) is 13.1 Å². The fourth-order valence-electron chi connectivity index (χ4n) is 2.26. The average Bonchev–Trinajstić information content (AvgIpc) is 2.86. The van der Waals surface area contributed by atoms with Crippen LogP contribution in [0.3, 0.4) is 0 Å². The van der Waals surface area contributed by atoms with Crippen molar-refractivity contribution >= 4 is 5.91 Å². The first-order valence-corrected chi connectivity index (χ1v) is 6.31. The van der Waals surface area contributed by atoms with Crippen molar-refractivity contribution in [2.75, 3.05) is 13.6 Å². The van der Waals surface area contributed by atoms with Crippen molar-refractivity contribution in [3.63, 3.8) is 0 Å². The molecule has 0 radical (unpaired) electrons. The van der Waals surface area contributed by atoms with Crippen molar-refractivity contribution in [3.05, 3.63) is 41.6 Å². The SMILES string of the molecule is CN[C@H]1CNC(=O)c2cc(-c3ccc(C)cc3)nn21. The molecule has 1 aromatic heterocycles. The number of nitrogens with zero attached hydrogens (tertiary/aromatic N) is 2. The molecule has 1 aromatic carbocycles. The van der Waals surface area contributed by atoms with Crippen LogP contribution in [0.5, 0.6) is 0 Å². The summed E-state index contributed by atoms with van der Waals surface area (Å²) in [7, 11) is 1.86. The first-order valence-electron chi connectivity index (χ1n) is 6.31. The molecular formula is C14H16N4O. The number of hydrogen-bond donors (Lipinski definition) is 2. The summed E-state index contributed by atoms with van der Waals surface area (Å²) in [5.74, 6) is -0.0719. The van der Waals surface area contributed by atoms with Crippen LogP contribution in [-0.2, 0) is 0 Å². The second kappa shape index (κ2) is 4.51. The van der Waals surface area contributed by atoms with Gasteiger partial charge in [0, 0.05) is 5.56 Å². The predicted octanol–water partition coefficient (Wildman–Crippen LogP) is 1.32. The van der Waals surface area contributed by atoms with Gasteiger partial charge in [-0.1, -0.05) is 29.8 Å². The lowest BCUT2D eigenvalue weighted by Crippen LogP contribution is -2.44. The summed E-state index contributed by atoms with van der Waals surface area (Å²) in [5.41, 5.74) is 3.65. The number of hydrogen-bond acceptors (Lipinski definition) is 3. The van der Waals surface area contributed by atoms with Crippen LogP contribution in [0.15, 0.2) is 30.3 Å². The van der Waals surface area contributed by atoms with Gasteiger partial charge in [-0.05, 0) is 20.0 Å². The van der Waals surface area contributed by atoms with E-state index in [0.717, 1.165) is 11.3 Å². The maximum atomic E-state index is 11.8. The van der Waals surface area contributed by atoms with Gasteiger partial charge in [-0.3, -0.25) is 10.1 Å². The van der Waals surface area contributed by atoms with E-state index >= 15 is 0 Å². The Hall–Kier alpha value is -2.14. The third-order valence-corrected chi connectivity index (χ3v) is 3.40. The summed E-state index contributed by atoms with van der Waals surface area (Å²) in [5, 5.41) is 10.5. The highest BCUT2D eigenvalue weighted by Gasteiger charge is 2.26. The van der Waals surface area contributed by atoms with Crippen molar-refractivity contribution < 1.29 is 4.79 Å². The van der Waals surface area contributed by atoms with Crippen LogP contribution in [0.2, 0.25) is 0 Å². The van der Waals surface area contributed by atoms with E-state index < -0.39 is 0 Å². The number of aromatic nitrogens is 2. The standard InChI is InChI=1S/C14H16N4O/c1-9-3-5-10(6-4-9)11-7-12-14(19)16-8-13(15-2)18(12)17-11/h3-7,13,15H,8H2,1-2H3,(H,16,19)/t13-/m1/s1. The maximum absolute atomic E-state index is 11.8. The number of rotatable bonds is 2. The molecule has 1 aliphatic rings. The van der Waals surface area contributed by atoms with E-state index in [2.05, 4.69) is 15.7 Å². The minimum atomic E-state index is -0.0719. The minimum Gasteiger partial charge on any atom is -0.347 e. The van der Waals surface area contributed by atoms with Gasteiger partial charge < -0.3 is 5.32 Å². The van der Waals surface area contributed by atoms with Crippen LogP contribution in [-0.4, -0.2) is 29.3 Å². The molecule has 0 unspecified atom stereocenters. The quantitative estimate of drug-likeness (QED) is 0.852. The van der Waals surface area contributed by atoms with E-state index in [1.54, 1.807) is 4.68 Å². The van der Waals surface area contributed by atoms with Crippen LogP contribution in [0, 0.1) is 6.92 Å². The highest BCUT2D eigenvalue weighted by Crippen LogP contribution is 2.22. The Kier molecular flexibility index (Phi) is 2.83. The molecule has 1 amide bonds. The molecule has 5 nitrogen and oxygen atoms in total. The Labute approximate surface area is 111 Å². The topological polar surface area (TPSA) is 58.9 Å². The summed E-state index contributed by atoms with van der Waals surface area (Å²) in [6.45, 7) is 2.60. The molecule has 3 rings (SSSR count). The number of carbonyl (C=O) groups is 1. The summed E-state index contributed by atoms with van der Waals surface area (Å²) >= 11 is 0. The van der Waals surface area contributed by atoms with E-state index in [0.29, 0.717) is 12.2 Å². The smallest absolute Gasteiger partial charge is 0.269 e. The molecule has 19 heavy (non-hydrogen) atoms. The van der Waals surface area contributed by atoms with E-state index in [9.17, 15) is 4.79 Å². The lowest BCUT2D eigenvalue weighted by atomic mass is 10.1. The second-order valence-corrected chi connectivity index (χ2v) is 4.74. The number of likely N-dealkylation sites (N-methyl/N-ethyl adjacent to an activating group) is 1. The Balaban J connectivity index is 2.05. The van der Waals surface area contributed by atoms with Crippen molar-refractivity contribution in [1.29, 1.82) is 0 Å². The largest absolute Gasteiger partial charge is 0.347 e. The van der Waals surface area contributed by atoms with E-state index in [1.807, 2.05) is 44.3 Å². The number of amides is 1. The molecule has 1 atom stereocenters. The van der Waals surface area contributed by atoms with E-state index in [1.165, 1.54) is 5.56 Å². The predicted molar refractivity (Wildman–Crippen MR) is 72.8 cm³/mol. The molecule has 1 aliphatic heterocycles. The zero-order valence-corrected chi connectivity index (χ0v) is 11.0. The third-order valence-electron chi connectivity index (χ3n) is 3.40. The van der Waals surface area contributed by atoms with Gasteiger partial charge in [-0.15, -0.1) is 0 Å². The Morgan fingerprint density at radius 1 is 1.37 bits per heavy atom. The molecule has 2 aromatic rings. The molecule has 0 aliphatic carbocycles. The van der Waals surface area contributed by atoms with E-state index in [4.69, 9.17) is 0 Å². The van der Waals surface area contributed by atoms with Gasteiger partial charge >= 0.3 is 0 Å². The monoisotopic (exact) mass is 256 g/mol. The zero-order valence-electron chi connectivity index (χ0n) is 11.0. The summed E-state index contributed by atoms with van der Waals surface area (Å²) in [6.07, 6.45) is 0.00639. The first-order chi connectivity index (χ1) is 9.19. The van der Waals surface area contributed by atoms with Gasteiger partial charge in [0.1, 0.15) is 11.9 Å². The number of fused-ring (bicyclic) bond motifs is 1. The molecule has 0 fully saturated rings. The van der Waals surface area contributed by atoms with Crippen molar-refractivity contribution in [3.8, 4) is 11.3 Å². The fraction of sp³-hybridized carbons (Fsp3) is 0.286. The van der Waals surface area contributed by atoms with Gasteiger partial charge in [0.05, 0.1) is 12.2 Å². The van der Waals surface area contributed by atoms with Crippen LogP contribution >= 0.6 is 0 Å². The second-order valence-electron chi connectivity index (χ2n) is 4.74. The summed E-state index contributed by atoms with van der Waals surface area (Å²) in [6, 6.07) is 9.97. The van der Waals surface area contributed by atoms with Crippen LogP contribution < -0.4 is 10.6 Å². The maximum Gasteiger partial charge on any atom is 0.269 e. The average molecular weight is 256 g/mol. The molecule has 0 spiro atoms. The highest BCUT2D eigenvalue weighted by atomic mass is 16.2. The van der Waals surface area contributed by atoms with Crippen LogP contribution in [0.25, 0.3) is 11.3 Å². The zero-order chi connectivity index (χ0) is 13.4. The molecule has 5 heteroatoms. The first kappa shape index (κ1) is 11.9. The minimum absolute atomic E-state index is 0.00639. The van der Waals surface area contributed by atoms with Gasteiger partial charge in [-0.25, -0.2) is 4.68 Å².